The number of nitrogens with zero attached hydrogens (tertiary/aromatic N) is 1. The summed E-state index contributed by atoms with van der Waals surface area (Å²) in [4.78, 5) is 2.10. The van der Waals surface area contributed by atoms with Gasteiger partial charge in [0.2, 0.25) is 0 Å². The smallest absolute Gasteiger partial charge is 0.362 e. The summed E-state index contributed by atoms with van der Waals surface area (Å²) in [5.41, 5.74) is 0. The van der Waals surface area contributed by atoms with Crippen LogP contribution in [0.3, 0.4) is 0 Å². The second-order valence-electron chi connectivity index (χ2n) is 5.30. The van der Waals surface area contributed by atoms with Crippen LogP contribution >= 0.6 is 7.60 Å². The first-order chi connectivity index (χ1) is 9.34. The molecule has 0 aromatic rings. The van der Waals surface area contributed by atoms with E-state index in [1.165, 1.54) is 0 Å². The van der Waals surface area contributed by atoms with Crippen molar-refractivity contribution in [3.63, 3.8) is 0 Å². The van der Waals surface area contributed by atoms with E-state index in [0.29, 0.717) is 19.5 Å². The monoisotopic (exact) mass is 303 g/mol. The zero-order valence-electron chi connectivity index (χ0n) is 12.8. The van der Waals surface area contributed by atoms with Crippen molar-refractivity contribution in [2.75, 3.05) is 26.3 Å². The van der Waals surface area contributed by atoms with E-state index in [4.69, 9.17) is 15.5 Å². The summed E-state index contributed by atoms with van der Waals surface area (Å²) in [6.07, 6.45) is 5.68. The molecular formula is C14H26NO4P. The Bertz CT molecular complexity index is 398. The van der Waals surface area contributed by atoms with Crippen molar-refractivity contribution in [1.29, 1.82) is 0 Å². The van der Waals surface area contributed by atoms with Crippen LogP contribution in [0.2, 0.25) is 0 Å². The predicted molar refractivity (Wildman–Crippen MR) is 79.5 cm³/mol. The summed E-state index contributed by atoms with van der Waals surface area (Å²) < 4.78 is 23.7. The molecule has 0 aromatic heterocycles. The van der Waals surface area contributed by atoms with E-state index in [0.717, 1.165) is 0 Å². The zero-order chi connectivity index (χ0) is 15.4. The minimum Gasteiger partial charge on any atom is -0.377 e. The molecule has 1 aliphatic heterocycles. The highest BCUT2D eigenvalue weighted by Gasteiger charge is 2.56. The van der Waals surface area contributed by atoms with E-state index in [1.54, 1.807) is 13.8 Å². The molecule has 1 fully saturated rings. The van der Waals surface area contributed by atoms with Gasteiger partial charge in [-0.2, -0.15) is 0 Å². The highest BCUT2D eigenvalue weighted by molar-refractivity contribution is 7.55. The van der Waals surface area contributed by atoms with Gasteiger partial charge in [-0.15, -0.1) is 6.42 Å². The number of likely N-dealkylation sites (tertiary alicyclic amines) is 1. The van der Waals surface area contributed by atoms with Gasteiger partial charge in [-0.05, 0) is 20.8 Å². The van der Waals surface area contributed by atoms with Gasteiger partial charge >= 0.3 is 7.60 Å². The van der Waals surface area contributed by atoms with Crippen molar-refractivity contribution in [1.82, 2.24) is 4.90 Å². The number of terminal acetylenes is 1. The minimum atomic E-state index is -3.57. The fourth-order valence-corrected chi connectivity index (χ4v) is 5.07. The number of rotatable bonds is 6. The molecule has 0 bridgehead atoms. The van der Waals surface area contributed by atoms with Gasteiger partial charge in [0, 0.05) is 24.9 Å². The molecule has 3 atom stereocenters. The fourth-order valence-electron chi connectivity index (χ4n) is 2.76. The van der Waals surface area contributed by atoms with Crippen molar-refractivity contribution in [3.8, 4) is 12.3 Å². The molecule has 5 nitrogen and oxygen atoms in total. The van der Waals surface area contributed by atoms with Crippen molar-refractivity contribution >= 4 is 7.60 Å². The summed E-state index contributed by atoms with van der Waals surface area (Å²) in [6.45, 7) is 8.91. The summed E-state index contributed by atoms with van der Waals surface area (Å²) in [5, 5.41) is 9.53. The number of piperidine rings is 1. The highest BCUT2D eigenvalue weighted by Crippen LogP contribution is 2.64. The van der Waals surface area contributed by atoms with Gasteiger partial charge in [0.05, 0.1) is 19.8 Å². The first kappa shape index (κ1) is 17.7. The average molecular weight is 303 g/mol. The maximum atomic E-state index is 13.0. The summed E-state index contributed by atoms with van der Waals surface area (Å²) in [7, 11) is -3.57. The molecule has 20 heavy (non-hydrogen) atoms. The van der Waals surface area contributed by atoms with Gasteiger partial charge in [0.1, 0.15) is 0 Å². The quantitative estimate of drug-likeness (QED) is 0.603. The highest BCUT2D eigenvalue weighted by atomic mass is 31.2. The molecule has 1 N–H and O–H groups in total. The predicted octanol–water partition coefficient (Wildman–Crippen LogP) is 2.30. The molecule has 1 aliphatic rings. The molecule has 0 aliphatic carbocycles. The van der Waals surface area contributed by atoms with Crippen molar-refractivity contribution in [3.05, 3.63) is 0 Å². The first-order valence-corrected chi connectivity index (χ1v) is 8.68. The Morgan fingerprint density at radius 2 is 1.95 bits per heavy atom. The van der Waals surface area contributed by atoms with E-state index >= 15 is 0 Å². The molecule has 1 saturated heterocycles. The zero-order valence-corrected chi connectivity index (χ0v) is 13.7. The van der Waals surface area contributed by atoms with Crippen LogP contribution < -0.4 is 0 Å². The SMILES string of the molecule is C#CCN1C[C@H](C)[C@](O)(P(=O)(OCC)OCC)C[C@H]1C. The maximum absolute atomic E-state index is 13.0. The van der Waals surface area contributed by atoms with Gasteiger partial charge in [-0.25, -0.2) is 0 Å². The van der Waals surface area contributed by atoms with E-state index in [1.807, 2.05) is 13.8 Å². The summed E-state index contributed by atoms with van der Waals surface area (Å²) in [6, 6.07) is 0.0292. The first-order valence-electron chi connectivity index (χ1n) is 7.13. The lowest BCUT2D eigenvalue weighted by Crippen LogP contribution is -2.55. The molecule has 1 heterocycles. The van der Waals surface area contributed by atoms with Gasteiger partial charge < -0.3 is 14.2 Å². The van der Waals surface area contributed by atoms with Crippen LogP contribution in [0.25, 0.3) is 0 Å². The van der Waals surface area contributed by atoms with E-state index < -0.39 is 12.9 Å². The Balaban J connectivity index is 3.02. The molecule has 0 saturated carbocycles. The van der Waals surface area contributed by atoms with Crippen LogP contribution in [-0.2, 0) is 13.6 Å². The maximum Gasteiger partial charge on any atom is 0.362 e. The second kappa shape index (κ2) is 7.06. The Kier molecular flexibility index (Phi) is 6.25. The summed E-state index contributed by atoms with van der Waals surface area (Å²) in [5.74, 6) is 2.38. The van der Waals surface area contributed by atoms with Crippen molar-refractivity contribution in [2.24, 2.45) is 5.92 Å². The number of aliphatic hydroxyl groups is 1. The Hall–Kier alpha value is -0.370. The van der Waals surface area contributed by atoms with E-state index in [2.05, 4.69) is 10.8 Å². The van der Waals surface area contributed by atoms with Crippen LogP contribution in [0.1, 0.15) is 34.1 Å². The van der Waals surface area contributed by atoms with E-state index in [-0.39, 0.29) is 25.2 Å². The number of hydrogen-bond acceptors (Lipinski definition) is 5. The number of hydrogen-bond donors (Lipinski definition) is 1. The largest absolute Gasteiger partial charge is 0.377 e. The molecular weight excluding hydrogens is 277 g/mol. The van der Waals surface area contributed by atoms with Gasteiger partial charge in [0.15, 0.2) is 5.34 Å². The lowest BCUT2D eigenvalue weighted by atomic mass is 9.91. The normalized spacial score (nSPS) is 32.0. The molecule has 116 valence electrons. The van der Waals surface area contributed by atoms with Crippen LogP contribution in [0.4, 0.5) is 0 Å². The molecule has 0 aromatic carbocycles. The molecule has 6 heteroatoms. The van der Waals surface area contributed by atoms with Crippen LogP contribution in [0.15, 0.2) is 0 Å². The Morgan fingerprint density at radius 3 is 2.40 bits per heavy atom. The molecule has 0 radical (unpaired) electrons. The third-order valence-corrected chi connectivity index (χ3v) is 6.65. The lowest BCUT2D eigenvalue weighted by Gasteiger charge is -2.48. The van der Waals surface area contributed by atoms with Crippen LogP contribution in [-0.4, -0.2) is 47.7 Å². The topological polar surface area (TPSA) is 59.0 Å². The van der Waals surface area contributed by atoms with Crippen LogP contribution in [0, 0.1) is 18.3 Å². The third-order valence-electron chi connectivity index (χ3n) is 3.88. The molecule has 0 unspecified atom stereocenters. The lowest BCUT2D eigenvalue weighted by molar-refractivity contribution is -0.0447. The van der Waals surface area contributed by atoms with Gasteiger partial charge in [-0.3, -0.25) is 9.46 Å². The Morgan fingerprint density at radius 1 is 1.40 bits per heavy atom. The van der Waals surface area contributed by atoms with Crippen LogP contribution in [0.5, 0.6) is 0 Å². The minimum absolute atomic E-state index is 0.0292. The standard InChI is InChI=1S/C14H26NO4P/c1-6-9-15-11-12(4)14(16,10-13(15)5)20(17,18-7-2)19-8-3/h1,12-13,16H,7-11H2,2-5H3/t12-,13+,14+/m0/s1. The second-order valence-corrected chi connectivity index (χ2v) is 7.59. The third kappa shape index (κ3) is 3.27. The summed E-state index contributed by atoms with van der Waals surface area (Å²) >= 11 is 0. The van der Waals surface area contributed by atoms with Gasteiger partial charge in [0.25, 0.3) is 0 Å². The molecule has 0 amide bonds. The molecule has 1 rings (SSSR count). The van der Waals surface area contributed by atoms with Crippen molar-refractivity contribution in [2.45, 2.75) is 45.5 Å². The van der Waals surface area contributed by atoms with Crippen molar-refractivity contribution < 1.29 is 18.7 Å². The Labute approximate surface area is 122 Å². The van der Waals surface area contributed by atoms with E-state index in [9.17, 15) is 9.67 Å². The van der Waals surface area contributed by atoms with Gasteiger partial charge in [-0.1, -0.05) is 12.8 Å². The molecule has 0 spiro atoms. The fraction of sp³-hybridized carbons (Fsp3) is 0.857. The average Bonchev–Trinajstić information content (AvgIpc) is 2.36.